The lowest BCUT2D eigenvalue weighted by atomic mass is 9.93. The maximum absolute atomic E-state index is 3.70. The Hall–Kier alpha value is -0.600. The molecule has 3 unspecified atom stereocenters. The van der Waals surface area contributed by atoms with E-state index >= 15 is 0 Å². The maximum Gasteiger partial charge on any atom is 0.0303 e. The van der Waals surface area contributed by atoms with Gasteiger partial charge in [-0.1, -0.05) is 46.3 Å². The molecule has 0 aromatic heterocycles. The number of rotatable bonds is 4. The molecule has 0 radical (unpaired) electrons. The van der Waals surface area contributed by atoms with Gasteiger partial charge in [0, 0.05) is 10.5 Å². The number of hydrogen-bond donors (Lipinski definition) is 1. The van der Waals surface area contributed by atoms with E-state index in [2.05, 4.69) is 64.6 Å². The zero-order chi connectivity index (χ0) is 12.5. The first kappa shape index (κ1) is 12.4. The quantitative estimate of drug-likeness (QED) is 0.817. The highest BCUT2D eigenvalue weighted by Crippen LogP contribution is 2.43. The molecule has 2 aliphatic carbocycles. The van der Waals surface area contributed by atoms with Crippen molar-refractivity contribution in [2.45, 2.75) is 25.8 Å². The number of benzene rings is 1. The van der Waals surface area contributed by atoms with Gasteiger partial charge in [-0.05, 0) is 55.7 Å². The number of nitrogens with one attached hydrogen (secondary N) is 1. The molecule has 1 aromatic carbocycles. The van der Waals surface area contributed by atoms with Crippen LogP contribution in [0.5, 0.6) is 0 Å². The maximum atomic E-state index is 3.70. The van der Waals surface area contributed by atoms with Crippen LogP contribution in [0.4, 0.5) is 0 Å². The van der Waals surface area contributed by atoms with E-state index in [1.54, 1.807) is 0 Å². The van der Waals surface area contributed by atoms with Crippen LogP contribution < -0.4 is 5.32 Å². The number of fused-ring (bicyclic) bond motifs is 2. The third-order valence-corrected chi connectivity index (χ3v) is 5.20. The van der Waals surface area contributed by atoms with E-state index in [-0.39, 0.29) is 0 Å². The van der Waals surface area contributed by atoms with Crippen molar-refractivity contribution in [3.05, 3.63) is 46.5 Å². The zero-order valence-electron chi connectivity index (χ0n) is 10.8. The standard InChI is InChI=1S/C16H20BrN/c1-11(15-4-2-3-5-16(15)17)18-10-14-9-12-6-7-13(14)8-12/h2-7,11-14,18H,8-10H2,1H3/t11-,12?,13?,14?/m1/s1. The lowest BCUT2D eigenvalue weighted by Crippen LogP contribution is -2.28. The minimum atomic E-state index is 0.420. The van der Waals surface area contributed by atoms with Crippen molar-refractivity contribution in [2.24, 2.45) is 17.8 Å². The van der Waals surface area contributed by atoms with E-state index in [1.165, 1.54) is 22.9 Å². The first-order valence-electron chi connectivity index (χ1n) is 6.90. The molecule has 3 rings (SSSR count). The summed E-state index contributed by atoms with van der Waals surface area (Å²) in [5, 5.41) is 3.70. The normalized spacial score (nSPS) is 30.9. The minimum absolute atomic E-state index is 0.420. The Labute approximate surface area is 118 Å². The first-order chi connectivity index (χ1) is 8.74. The van der Waals surface area contributed by atoms with Crippen molar-refractivity contribution in [1.82, 2.24) is 5.32 Å². The summed E-state index contributed by atoms with van der Waals surface area (Å²) in [5.41, 5.74) is 1.36. The van der Waals surface area contributed by atoms with E-state index in [0.29, 0.717) is 6.04 Å². The highest BCUT2D eigenvalue weighted by Gasteiger charge is 2.35. The molecule has 0 spiro atoms. The molecule has 4 atom stereocenters. The molecule has 0 saturated heterocycles. The average molecular weight is 306 g/mol. The van der Waals surface area contributed by atoms with Gasteiger partial charge in [0.2, 0.25) is 0 Å². The minimum Gasteiger partial charge on any atom is -0.310 e. The van der Waals surface area contributed by atoms with Crippen LogP contribution in [0.2, 0.25) is 0 Å². The summed E-state index contributed by atoms with van der Waals surface area (Å²) in [6, 6.07) is 8.92. The average Bonchev–Trinajstić information content (AvgIpc) is 2.98. The van der Waals surface area contributed by atoms with Crippen molar-refractivity contribution in [1.29, 1.82) is 0 Å². The summed E-state index contributed by atoms with van der Waals surface area (Å²) < 4.78 is 1.21. The van der Waals surface area contributed by atoms with Crippen LogP contribution in [0.25, 0.3) is 0 Å². The van der Waals surface area contributed by atoms with Gasteiger partial charge in [-0.25, -0.2) is 0 Å². The topological polar surface area (TPSA) is 12.0 Å². The first-order valence-corrected chi connectivity index (χ1v) is 7.69. The Morgan fingerprint density at radius 3 is 2.78 bits per heavy atom. The van der Waals surface area contributed by atoms with Crippen molar-refractivity contribution >= 4 is 15.9 Å². The number of allylic oxidation sites excluding steroid dienone is 2. The molecule has 1 aromatic rings. The third-order valence-electron chi connectivity index (χ3n) is 4.47. The second-order valence-corrected chi connectivity index (χ2v) is 6.55. The second kappa shape index (κ2) is 5.18. The molecule has 18 heavy (non-hydrogen) atoms. The summed E-state index contributed by atoms with van der Waals surface area (Å²) in [4.78, 5) is 0. The van der Waals surface area contributed by atoms with Gasteiger partial charge in [-0.15, -0.1) is 0 Å². The van der Waals surface area contributed by atoms with Gasteiger partial charge in [0.15, 0.2) is 0 Å². The van der Waals surface area contributed by atoms with Gasteiger partial charge < -0.3 is 5.32 Å². The Bertz CT molecular complexity index is 454. The molecule has 96 valence electrons. The highest BCUT2D eigenvalue weighted by atomic mass is 79.9. The summed E-state index contributed by atoms with van der Waals surface area (Å²) in [6.07, 6.45) is 7.63. The van der Waals surface area contributed by atoms with Crippen LogP contribution >= 0.6 is 15.9 Å². The van der Waals surface area contributed by atoms with E-state index in [1.807, 2.05) is 0 Å². The molecule has 0 amide bonds. The Kier molecular flexibility index (Phi) is 3.58. The zero-order valence-corrected chi connectivity index (χ0v) is 12.4. The fourth-order valence-corrected chi connectivity index (χ4v) is 4.02. The summed E-state index contributed by atoms with van der Waals surface area (Å²) in [7, 11) is 0. The van der Waals surface area contributed by atoms with Crippen molar-refractivity contribution in [3.8, 4) is 0 Å². The predicted molar refractivity (Wildman–Crippen MR) is 79.4 cm³/mol. The van der Waals surface area contributed by atoms with Crippen LogP contribution in [-0.4, -0.2) is 6.54 Å². The van der Waals surface area contributed by atoms with Crippen molar-refractivity contribution in [3.63, 3.8) is 0 Å². The summed E-state index contributed by atoms with van der Waals surface area (Å²) in [6.45, 7) is 3.40. The van der Waals surface area contributed by atoms with Crippen LogP contribution in [0.1, 0.15) is 31.4 Å². The summed E-state index contributed by atoms with van der Waals surface area (Å²) in [5.74, 6) is 2.57. The molecule has 0 heterocycles. The van der Waals surface area contributed by atoms with Gasteiger partial charge in [-0.3, -0.25) is 0 Å². The Balaban J connectivity index is 1.57. The fraction of sp³-hybridized carbons (Fsp3) is 0.500. The van der Waals surface area contributed by atoms with Gasteiger partial charge in [0.1, 0.15) is 0 Å². The lowest BCUT2D eigenvalue weighted by Gasteiger charge is -2.22. The SMILES string of the molecule is C[C@@H](NCC1CC2C=CC1C2)c1ccccc1Br. The Morgan fingerprint density at radius 1 is 1.28 bits per heavy atom. The molecule has 2 bridgehead atoms. The summed E-state index contributed by atoms with van der Waals surface area (Å²) >= 11 is 3.63. The fourth-order valence-electron chi connectivity index (χ4n) is 3.39. The van der Waals surface area contributed by atoms with Crippen LogP contribution in [0, 0.1) is 17.8 Å². The molecule has 1 fully saturated rings. The molecule has 2 aliphatic rings. The van der Waals surface area contributed by atoms with Crippen LogP contribution in [-0.2, 0) is 0 Å². The van der Waals surface area contributed by atoms with E-state index in [9.17, 15) is 0 Å². The monoisotopic (exact) mass is 305 g/mol. The number of hydrogen-bond acceptors (Lipinski definition) is 1. The molecule has 1 saturated carbocycles. The third kappa shape index (κ3) is 2.41. The second-order valence-electron chi connectivity index (χ2n) is 5.69. The van der Waals surface area contributed by atoms with Gasteiger partial charge >= 0.3 is 0 Å². The lowest BCUT2D eigenvalue weighted by molar-refractivity contribution is 0.393. The van der Waals surface area contributed by atoms with Gasteiger partial charge in [-0.2, -0.15) is 0 Å². The molecular formula is C16H20BrN. The molecule has 2 heteroatoms. The van der Waals surface area contributed by atoms with E-state index in [0.717, 1.165) is 24.3 Å². The van der Waals surface area contributed by atoms with Crippen molar-refractivity contribution < 1.29 is 0 Å². The van der Waals surface area contributed by atoms with E-state index in [4.69, 9.17) is 0 Å². The largest absolute Gasteiger partial charge is 0.310 e. The van der Waals surface area contributed by atoms with Crippen LogP contribution in [0.3, 0.4) is 0 Å². The molecule has 1 N–H and O–H groups in total. The molecule has 0 aliphatic heterocycles. The molecule has 1 nitrogen and oxygen atoms in total. The molecular weight excluding hydrogens is 286 g/mol. The van der Waals surface area contributed by atoms with E-state index < -0.39 is 0 Å². The van der Waals surface area contributed by atoms with Gasteiger partial charge in [0.05, 0.1) is 0 Å². The number of halogens is 1. The predicted octanol–water partition coefficient (Wildman–Crippen LogP) is 4.31. The van der Waals surface area contributed by atoms with Gasteiger partial charge in [0.25, 0.3) is 0 Å². The van der Waals surface area contributed by atoms with Crippen molar-refractivity contribution in [2.75, 3.05) is 6.54 Å². The smallest absolute Gasteiger partial charge is 0.0303 e. The van der Waals surface area contributed by atoms with Crippen LogP contribution in [0.15, 0.2) is 40.9 Å². The highest BCUT2D eigenvalue weighted by molar-refractivity contribution is 9.10. The Morgan fingerprint density at radius 2 is 2.11 bits per heavy atom.